The Kier molecular flexibility index (Phi) is 6.91. The number of ether oxygens (including phenoxy) is 2. The zero-order chi connectivity index (χ0) is 19.2. The Balaban J connectivity index is 1.98. The highest BCUT2D eigenvalue weighted by molar-refractivity contribution is 5.61. The first kappa shape index (κ1) is 20.5. The zero-order valence-electron chi connectivity index (χ0n) is 16.8. The van der Waals surface area contributed by atoms with Crippen molar-refractivity contribution in [1.29, 1.82) is 0 Å². The maximum absolute atomic E-state index is 12.5. The molecule has 0 radical (unpaired) electrons. The van der Waals surface area contributed by atoms with Crippen LogP contribution < -0.4 is 0 Å². The van der Waals surface area contributed by atoms with Crippen molar-refractivity contribution in [2.24, 2.45) is 11.3 Å². The molecule has 3 heteroatoms. The first-order chi connectivity index (χ1) is 12.3. The van der Waals surface area contributed by atoms with E-state index in [4.69, 9.17) is 9.47 Å². The van der Waals surface area contributed by atoms with E-state index in [1.54, 1.807) is 6.08 Å². The molecule has 1 aliphatic carbocycles. The minimum atomic E-state index is -0.643. The highest BCUT2D eigenvalue weighted by Crippen LogP contribution is 2.43. The van der Waals surface area contributed by atoms with Crippen molar-refractivity contribution in [2.75, 3.05) is 0 Å². The van der Waals surface area contributed by atoms with Gasteiger partial charge in [0.15, 0.2) is 0 Å². The van der Waals surface area contributed by atoms with Crippen molar-refractivity contribution >= 4 is 6.16 Å². The first-order valence-corrected chi connectivity index (χ1v) is 9.81. The molecule has 0 N–H and O–H groups in total. The summed E-state index contributed by atoms with van der Waals surface area (Å²) in [5.74, 6) is 0.578. The second-order valence-corrected chi connectivity index (χ2v) is 8.60. The molecule has 3 atom stereocenters. The molecule has 144 valence electrons. The van der Waals surface area contributed by atoms with Gasteiger partial charge in [-0.2, -0.15) is 0 Å². The normalized spacial score (nSPS) is 25.3. The third-order valence-electron chi connectivity index (χ3n) is 5.95. The van der Waals surface area contributed by atoms with Crippen molar-refractivity contribution in [3.8, 4) is 0 Å². The number of hydrogen-bond donors (Lipinski definition) is 0. The Hall–Kier alpha value is -1.77. The van der Waals surface area contributed by atoms with E-state index in [0.717, 1.165) is 24.8 Å². The molecule has 2 rings (SSSR count). The van der Waals surface area contributed by atoms with E-state index >= 15 is 0 Å². The smallest absolute Gasteiger partial charge is 0.431 e. The van der Waals surface area contributed by atoms with Gasteiger partial charge in [0.25, 0.3) is 0 Å². The van der Waals surface area contributed by atoms with Crippen molar-refractivity contribution in [1.82, 2.24) is 0 Å². The molecule has 1 aromatic carbocycles. The van der Waals surface area contributed by atoms with E-state index in [1.807, 2.05) is 37.3 Å². The van der Waals surface area contributed by atoms with E-state index in [9.17, 15) is 4.79 Å². The molecule has 26 heavy (non-hydrogen) atoms. The molecule has 0 aliphatic heterocycles. The molecule has 1 fully saturated rings. The van der Waals surface area contributed by atoms with Crippen LogP contribution >= 0.6 is 0 Å². The van der Waals surface area contributed by atoms with Crippen LogP contribution in [-0.2, 0) is 15.9 Å². The van der Waals surface area contributed by atoms with Gasteiger partial charge in [0, 0.05) is 12.8 Å². The van der Waals surface area contributed by atoms with Gasteiger partial charge in [0.05, 0.1) is 0 Å². The van der Waals surface area contributed by atoms with E-state index < -0.39 is 11.8 Å². The van der Waals surface area contributed by atoms with Crippen LogP contribution in [0.5, 0.6) is 0 Å². The Morgan fingerprint density at radius 2 is 2.08 bits per heavy atom. The molecule has 3 unspecified atom stereocenters. The lowest BCUT2D eigenvalue weighted by Crippen LogP contribution is -2.38. The van der Waals surface area contributed by atoms with Gasteiger partial charge in [0.2, 0.25) is 0 Å². The second kappa shape index (κ2) is 8.75. The van der Waals surface area contributed by atoms with Crippen LogP contribution in [0.3, 0.4) is 0 Å². The lowest BCUT2D eigenvalue weighted by molar-refractivity contribution is -0.0616. The molecule has 1 saturated carbocycles. The number of benzene rings is 1. The highest BCUT2D eigenvalue weighted by atomic mass is 16.7. The zero-order valence-corrected chi connectivity index (χ0v) is 16.8. The average molecular weight is 359 g/mol. The summed E-state index contributed by atoms with van der Waals surface area (Å²) in [4.78, 5) is 12.5. The molecular formula is C23H34O3. The van der Waals surface area contributed by atoms with Crippen LogP contribution in [0.2, 0.25) is 0 Å². The predicted octanol–water partition coefficient (Wildman–Crippen LogP) is 6.32. The maximum Gasteiger partial charge on any atom is 0.509 e. The van der Waals surface area contributed by atoms with Crippen LogP contribution in [0.1, 0.15) is 65.4 Å². The topological polar surface area (TPSA) is 35.5 Å². The van der Waals surface area contributed by atoms with Gasteiger partial charge < -0.3 is 9.47 Å². The lowest BCUT2D eigenvalue weighted by atomic mass is 9.67. The predicted molar refractivity (Wildman–Crippen MR) is 106 cm³/mol. The van der Waals surface area contributed by atoms with E-state index in [0.29, 0.717) is 18.8 Å². The number of carbonyl (C=O) groups excluding carboxylic acids is 1. The Bertz CT molecular complexity index is 595. The molecule has 1 aromatic rings. The summed E-state index contributed by atoms with van der Waals surface area (Å²) < 4.78 is 11.5. The molecule has 0 aromatic heterocycles. The monoisotopic (exact) mass is 358 g/mol. The third-order valence-corrected chi connectivity index (χ3v) is 5.95. The third kappa shape index (κ3) is 5.62. The molecule has 1 aliphatic rings. The van der Waals surface area contributed by atoms with Gasteiger partial charge in [-0.05, 0) is 49.5 Å². The maximum atomic E-state index is 12.5. The largest absolute Gasteiger partial charge is 0.509 e. The lowest BCUT2D eigenvalue weighted by Gasteiger charge is -2.41. The number of hydrogen-bond acceptors (Lipinski definition) is 3. The van der Waals surface area contributed by atoms with E-state index in [2.05, 4.69) is 27.4 Å². The fourth-order valence-corrected chi connectivity index (χ4v) is 3.93. The van der Waals surface area contributed by atoms with Crippen LogP contribution in [0, 0.1) is 11.3 Å². The summed E-state index contributed by atoms with van der Waals surface area (Å²) in [5.41, 5.74) is 0.725. The minimum Gasteiger partial charge on any atom is -0.431 e. The molecular weight excluding hydrogens is 324 g/mol. The summed E-state index contributed by atoms with van der Waals surface area (Å²) in [6.45, 7) is 12.6. The molecule has 0 spiro atoms. The highest BCUT2D eigenvalue weighted by Gasteiger charge is 2.37. The van der Waals surface area contributed by atoms with Crippen LogP contribution in [0.25, 0.3) is 0 Å². The fraction of sp³-hybridized carbons (Fsp3) is 0.609. The van der Waals surface area contributed by atoms with Crippen molar-refractivity contribution < 1.29 is 14.3 Å². The summed E-state index contributed by atoms with van der Waals surface area (Å²) in [7, 11) is 0. The summed E-state index contributed by atoms with van der Waals surface area (Å²) in [5, 5.41) is 0. The SMILES string of the molecule is C=CCC(C)(Cc1ccccc1)OC(=O)OC1CCCC(C)(C(C)C)C1. The first-order valence-electron chi connectivity index (χ1n) is 9.81. The van der Waals surface area contributed by atoms with Gasteiger partial charge in [-0.1, -0.05) is 57.2 Å². The van der Waals surface area contributed by atoms with E-state index in [-0.39, 0.29) is 11.5 Å². The van der Waals surface area contributed by atoms with Crippen LogP contribution in [0.15, 0.2) is 43.0 Å². The van der Waals surface area contributed by atoms with Crippen LogP contribution in [0.4, 0.5) is 4.79 Å². The van der Waals surface area contributed by atoms with Crippen molar-refractivity contribution in [3.63, 3.8) is 0 Å². The Morgan fingerprint density at radius 1 is 1.38 bits per heavy atom. The Morgan fingerprint density at radius 3 is 2.69 bits per heavy atom. The standard InChI is InChI=1S/C23H34O3/c1-6-14-23(5,16-19-11-8-7-9-12-19)26-21(24)25-20-13-10-15-22(4,17-20)18(2)3/h6-9,11-12,18,20H,1,10,13-17H2,2-5H3. The average Bonchev–Trinajstić information content (AvgIpc) is 2.55. The van der Waals surface area contributed by atoms with Crippen molar-refractivity contribution in [3.05, 3.63) is 48.6 Å². The molecule has 0 bridgehead atoms. The van der Waals surface area contributed by atoms with Crippen molar-refractivity contribution in [2.45, 2.75) is 77.9 Å². The van der Waals surface area contributed by atoms with Gasteiger partial charge in [-0.3, -0.25) is 0 Å². The minimum absolute atomic E-state index is 0.0478. The molecule has 0 amide bonds. The number of carbonyl (C=O) groups is 1. The summed E-state index contributed by atoms with van der Waals surface area (Å²) in [6, 6.07) is 10.1. The quantitative estimate of drug-likeness (QED) is 0.422. The van der Waals surface area contributed by atoms with Gasteiger partial charge in [-0.15, -0.1) is 6.58 Å². The fourth-order valence-electron chi connectivity index (χ4n) is 3.93. The molecule has 0 saturated heterocycles. The Labute approximate surface area is 158 Å². The van der Waals surface area contributed by atoms with Gasteiger partial charge >= 0.3 is 6.16 Å². The van der Waals surface area contributed by atoms with Crippen LogP contribution in [-0.4, -0.2) is 17.9 Å². The molecule has 0 heterocycles. The summed E-state index contributed by atoms with van der Waals surface area (Å²) in [6.07, 6.45) is 6.56. The number of rotatable bonds is 7. The van der Waals surface area contributed by atoms with E-state index in [1.165, 1.54) is 6.42 Å². The van der Waals surface area contributed by atoms with Gasteiger partial charge in [-0.25, -0.2) is 4.79 Å². The van der Waals surface area contributed by atoms with Gasteiger partial charge in [0.1, 0.15) is 11.7 Å². The second-order valence-electron chi connectivity index (χ2n) is 8.60. The molecule has 3 nitrogen and oxygen atoms in total. The summed E-state index contributed by atoms with van der Waals surface area (Å²) >= 11 is 0.